The third kappa shape index (κ3) is 3.09. The van der Waals surface area contributed by atoms with Crippen molar-refractivity contribution >= 4 is 17.7 Å². The number of carbonyl (C=O) groups excluding carboxylic acids is 3. The molecule has 3 saturated heterocycles. The van der Waals surface area contributed by atoms with Gasteiger partial charge in [-0.05, 0) is 37.5 Å². The summed E-state index contributed by atoms with van der Waals surface area (Å²) in [6, 6.07) is 6.24. The molecule has 7 nitrogen and oxygen atoms in total. The minimum Gasteiger partial charge on any atom is -0.360 e. The number of piperazine rings is 1. The Kier molecular flexibility index (Phi) is 4.70. The zero-order valence-corrected chi connectivity index (χ0v) is 18.3. The van der Waals surface area contributed by atoms with Crippen molar-refractivity contribution < 1.29 is 19.1 Å². The molecule has 0 unspecified atom stereocenters. The highest BCUT2D eigenvalue weighted by Crippen LogP contribution is 2.52. The van der Waals surface area contributed by atoms with Gasteiger partial charge in [-0.3, -0.25) is 14.4 Å². The minimum absolute atomic E-state index is 0.0260. The Bertz CT molecular complexity index is 989. The van der Waals surface area contributed by atoms with E-state index in [1.807, 2.05) is 24.0 Å². The lowest BCUT2D eigenvalue weighted by molar-refractivity contribution is -0.150. The summed E-state index contributed by atoms with van der Waals surface area (Å²) in [5, 5.41) is 0. The molecule has 4 heterocycles. The van der Waals surface area contributed by atoms with E-state index < -0.39 is 17.4 Å². The van der Waals surface area contributed by atoms with Crippen LogP contribution in [-0.2, 0) is 25.7 Å². The predicted molar refractivity (Wildman–Crippen MR) is 114 cm³/mol. The first-order chi connectivity index (χ1) is 14.8. The molecule has 5 rings (SSSR count). The average Bonchev–Trinajstić information content (AvgIpc) is 3.38. The maximum absolute atomic E-state index is 13.5. The van der Waals surface area contributed by atoms with Crippen LogP contribution in [0.5, 0.6) is 0 Å². The van der Waals surface area contributed by atoms with Crippen LogP contribution in [0.25, 0.3) is 0 Å². The second-order valence-electron chi connectivity index (χ2n) is 9.25. The molecule has 164 valence electrons. The molecule has 31 heavy (non-hydrogen) atoms. The van der Waals surface area contributed by atoms with Crippen molar-refractivity contribution in [2.75, 3.05) is 32.7 Å². The van der Waals surface area contributed by atoms with Crippen LogP contribution in [0.2, 0.25) is 0 Å². The largest absolute Gasteiger partial charge is 0.360 e. The van der Waals surface area contributed by atoms with Gasteiger partial charge in [-0.2, -0.15) is 0 Å². The molecule has 0 aromatic heterocycles. The molecule has 4 atom stereocenters. The van der Waals surface area contributed by atoms with Crippen LogP contribution in [0.15, 0.2) is 30.4 Å². The number of ether oxygens (including phenoxy) is 1. The third-order valence-corrected chi connectivity index (χ3v) is 7.42. The zero-order valence-electron chi connectivity index (χ0n) is 18.3. The van der Waals surface area contributed by atoms with Crippen LogP contribution in [0.3, 0.4) is 0 Å². The number of nitrogens with zero attached hydrogens (tertiary/aromatic N) is 3. The summed E-state index contributed by atoms with van der Waals surface area (Å²) < 4.78 is 6.24. The van der Waals surface area contributed by atoms with Crippen LogP contribution >= 0.6 is 0 Å². The van der Waals surface area contributed by atoms with Gasteiger partial charge in [0.25, 0.3) is 0 Å². The summed E-state index contributed by atoms with van der Waals surface area (Å²) in [7, 11) is 0. The van der Waals surface area contributed by atoms with Crippen molar-refractivity contribution in [3.63, 3.8) is 0 Å². The molecule has 7 heteroatoms. The number of likely N-dealkylation sites (N-methyl/N-ethyl adjacent to an activating group) is 1. The van der Waals surface area contributed by atoms with Gasteiger partial charge in [0.1, 0.15) is 5.60 Å². The van der Waals surface area contributed by atoms with Gasteiger partial charge in [0, 0.05) is 26.2 Å². The number of rotatable bonds is 4. The monoisotopic (exact) mass is 423 g/mol. The predicted octanol–water partition coefficient (Wildman–Crippen LogP) is 1.28. The topological polar surface area (TPSA) is 70.2 Å². The summed E-state index contributed by atoms with van der Waals surface area (Å²) in [6.07, 6.45) is 3.52. The third-order valence-electron chi connectivity index (χ3n) is 7.42. The molecule has 1 aromatic rings. The van der Waals surface area contributed by atoms with Crippen LogP contribution in [-0.4, -0.2) is 76.9 Å². The number of amides is 3. The molecule has 0 saturated carbocycles. The number of hydrogen-bond acceptors (Lipinski definition) is 4. The summed E-state index contributed by atoms with van der Waals surface area (Å²) in [6.45, 7) is 8.83. The molecule has 0 aliphatic carbocycles. The minimum atomic E-state index is -0.725. The second-order valence-corrected chi connectivity index (χ2v) is 9.25. The van der Waals surface area contributed by atoms with E-state index >= 15 is 0 Å². The van der Waals surface area contributed by atoms with Crippen molar-refractivity contribution in [1.82, 2.24) is 14.7 Å². The van der Waals surface area contributed by atoms with E-state index in [0.717, 1.165) is 5.56 Å². The van der Waals surface area contributed by atoms with E-state index in [-0.39, 0.29) is 30.4 Å². The molecule has 1 aromatic carbocycles. The van der Waals surface area contributed by atoms with Crippen molar-refractivity contribution in [1.29, 1.82) is 0 Å². The van der Waals surface area contributed by atoms with Crippen LogP contribution in [0, 0.1) is 25.7 Å². The van der Waals surface area contributed by atoms with E-state index in [2.05, 4.69) is 32.0 Å². The molecule has 0 N–H and O–H groups in total. The zero-order chi connectivity index (χ0) is 21.9. The molecule has 3 amide bonds. The highest BCUT2D eigenvalue weighted by molar-refractivity contribution is 5.94. The van der Waals surface area contributed by atoms with Gasteiger partial charge in [0.2, 0.25) is 17.7 Å². The highest BCUT2D eigenvalue weighted by Gasteiger charge is 2.67. The van der Waals surface area contributed by atoms with Gasteiger partial charge in [0.15, 0.2) is 0 Å². The summed E-state index contributed by atoms with van der Waals surface area (Å²) in [4.78, 5) is 44.4. The van der Waals surface area contributed by atoms with Crippen molar-refractivity contribution in [2.45, 2.75) is 39.0 Å². The Balaban J connectivity index is 1.36. The molecule has 4 aliphatic heterocycles. The molecule has 4 aliphatic rings. The normalized spacial score (nSPS) is 31.7. The van der Waals surface area contributed by atoms with Crippen molar-refractivity contribution in [3.05, 3.63) is 47.0 Å². The van der Waals surface area contributed by atoms with Crippen molar-refractivity contribution in [2.24, 2.45) is 11.8 Å². The van der Waals surface area contributed by atoms with E-state index in [9.17, 15) is 14.4 Å². The van der Waals surface area contributed by atoms with E-state index in [1.165, 1.54) is 11.1 Å². The Morgan fingerprint density at radius 3 is 2.68 bits per heavy atom. The number of fused-ring (bicyclic) bond motifs is 1. The van der Waals surface area contributed by atoms with Gasteiger partial charge in [-0.1, -0.05) is 30.4 Å². The average molecular weight is 424 g/mol. The van der Waals surface area contributed by atoms with Crippen LogP contribution in [0.4, 0.5) is 0 Å². The lowest BCUT2D eigenvalue weighted by Crippen LogP contribution is -2.55. The SMILES string of the molecule is CCN1CCN(C(=O)[C@H]2[C@@H]3C=C[C@@]4(CN(Cc5ccc(C)c(C)c5)C(=O)[C@H]24)O3)CC1=O. The fourth-order valence-corrected chi connectivity index (χ4v) is 5.56. The Hall–Kier alpha value is -2.67. The van der Waals surface area contributed by atoms with Crippen molar-refractivity contribution in [3.8, 4) is 0 Å². The van der Waals surface area contributed by atoms with Gasteiger partial charge in [-0.25, -0.2) is 0 Å². The van der Waals surface area contributed by atoms with E-state index in [4.69, 9.17) is 4.74 Å². The van der Waals surface area contributed by atoms with Gasteiger partial charge < -0.3 is 19.4 Å². The molecule has 3 fully saturated rings. The fraction of sp³-hybridized carbons (Fsp3) is 0.542. The van der Waals surface area contributed by atoms with Gasteiger partial charge in [-0.15, -0.1) is 0 Å². The molecular formula is C24H29N3O4. The Morgan fingerprint density at radius 2 is 1.97 bits per heavy atom. The van der Waals surface area contributed by atoms with Crippen LogP contribution in [0.1, 0.15) is 23.6 Å². The smallest absolute Gasteiger partial charge is 0.242 e. The number of benzene rings is 1. The fourth-order valence-electron chi connectivity index (χ4n) is 5.56. The Labute approximate surface area is 182 Å². The number of hydrogen-bond donors (Lipinski definition) is 0. The lowest BCUT2D eigenvalue weighted by Gasteiger charge is -2.36. The standard InChI is InChI=1S/C24H29N3O4/c1-4-25-9-10-26(13-19(25)28)22(29)20-18-7-8-24(31-18)14-27(23(30)21(20)24)12-17-6-5-15(2)16(3)11-17/h5-8,11,18,20-21H,4,9-10,12-14H2,1-3H3/t18-,20-,21-,24-/m0/s1. The first kappa shape index (κ1) is 20.2. The van der Waals surface area contributed by atoms with E-state index in [1.54, 1.807) is 9.80 Å². The maximum Gasteiger partial charge on any atom is 0.242 e. The Morgan fingerprint density at radius 1 is 1.16 bits per heavy atom. The first-order valence-electron chi connectivity index (χ1n) is 11.1. The summed E-state index contributed by atoms with van der Waals surface area (Å²) in [5.74, 6) is -1.26. The molecule has 2 bridgehead atoms. The maximum atomic E-state index is 13.5. The highest BCUT2D eigenvalue weighted by atomic mass is 16.5. The van der Waals surface area contributed by atoms with Crippen LogP contribution < -0.4 is 0 Å². The number of aryl methyl sites for hydroxylation is 2. The molecule has 0 radical (unpaired) electrons. The van der Waals surface area contributed by atoms with Gasteiger partial charge in [0.05, 0.1) is 31.0 Å². The second kappa shape index (κ2) is 7.19. The molecular weight excluding hydrogens is 394 g/mol. The van der Waals surface area contributed by atoms with Gasteiger partial charge >= 0.3 is 0 Å². The lowest BCUT2D eigenvalue weighted by atomic mass is 9.76. The van der Waals surface area contributed by atoms with E-state index in [0.29, 0.717) is 32.7 Å². The molecule has 1 spiro atoms. The summed E-state index contributed by atoms with van der Waals surface area (Å²) >= 11 is 0. The quantitative estimate of drug-likeness (QED) is 0.684. The first-order valence-corrected chi connectivity index (χ1v) is 11.1. The summed E-state index contributed by atoms with van der Waals surface area (Å²) in [5.41, 5.74) is 2.77. The number of carbonyl (C=O) groups is 3. The number of likely N-dealkylation sites (tertiary alicyclic amines) is 1.